The van der Waals surface area contributed by atoms with Gasteiger partial charge in [-0.3, -0.25) is 9.78 Å². The first-order valence-electron chi connectivity index (χ1n) is 6.02. The number of imidazole rings is 1. The van der Waals surface area contributed by atoms with Crippen molar-refractivity contribution in [3.05, 3.63) is 58.7 Å². The van der Waals surface area contributed by atoms with Crippen molar-refractivity contribution in [3.63, 3.8) is 0 Å². The molecule has 3 rings (SSSR count). The third-order valence-electron chi connectivity index (χ3n) is 2.95. The molecule has 0 saturated carbocycles. The van der Waals surface area contributed by atoms with Crippen LogP contribution in [0.5, 0.6) is 0 Å². The van der Waals surface area contributed by atoms with Crippen molar-refractivity contribution in [1.82, 2.24) is 14.4 Å². The molecule has 20 heavy (non-hydrogen) atoms. The van der Waals surface area contributed by atoms with E-state index in [1.54, 1.807) is 24.4 Å². The number of aryl methyl sites for hydroxylation is 1. The van der Waals surface area contributed by atoms with Gasteiger partial charge in [0.05, 0.1) is 11.4 Å². The van der Waals surface area contributed by atoms with Gasteiger partial charge in [-0.1, -0.05) is 6.07 Å². The van der Waals surface area contributed by atoms with Crippen molar-refractivity contribution in [1.29, 1.82) is 0 Å². The summed E-state index contributed by atoms with van der Waals surface area (Å²) in [7, 11) is 0. The van der Waals surface area contributed by atoms with Gasteiger partial charge >= 0.3 is 0 Å². The first-order valence-corrected chi connectivity index (χ1v) is 6.81. The fourth-order valence-corrected chi connectivity index (χ4v) is 2.27. The number of hydrogen-bond donors (Lipinski definition) is 1. The zero-order chi connectivity index (χ0) is 14.1. The van der Waals surface area contributed by atoms with Crippen LogP contribution in [0.3, 0.4) is 0 Å². The maximum Gasteiger partial charge on any atom is 0.274 e. The molecule has 0 aliphatic heterocycles. The highest BCUT2D eigenvalue weighted by atomic mass is 79.9. The summed E-state index contributed by atoms with van der Waals surface area (Å²) in [4.78, 5) is 20.4. The fourth-order valence-electron chi connectivity index (χ4n) is 1.90. The maximum absolute atomic E-state index is 12.0. The second-order valence-electron chi connectivity index (χ2n) is 4.30. The Morgan fingerprint density at radius 1 is 1.30 bits per heavy atom. The van der Waals surface area contributed by atoms with Crippen molar-refractivity contribution >= 4 is 33.2 Å². The van der Waals surface area contributed by atoms with E-state index in [4.69, 9.17) is 0 Å². The lowest BCUT2D eigenvalue weighted by molar-refractivity contribution is 0.102. The number of anilines is 1. The second kappa shape index (κ2) is 5.05. The Bertz CT molecular complexity index is 782. The summed E-state index contributed by atoms with van der Waals surface area (Å²) in [6.07, 6.45) is 3.43. The minimum Gasteiger partial charge on any atom is -0.319 e. The van der Waals surface area contributed by atoms with Gasteiger partial charge in [0.1, 0.15) is 15.9 Å². The third-order valence-corrected chi connectivity index (χ3v) is 3.71. The molecule has 0 bridgehead atoms. The van der Waals surface area contributed by atoms with Crippen LogP contribution in [0.4, 0.5) is 5.69 Å². The Morgan fingerprint density at radius 2 is 2.15 bits per heavy atom. The highest BCUT2D eigenvalue weighted by Gasteiger charge is 2.09. The van der Waals surface area contributed by atoms with E-state index in [1.165, 1.54) is 0 Å². The van der Waals surface area contributed by atoms with E-state index in [9.17, 15) is 4.79 Å². The monoisotopic (exact) mass is 330 g/mol. The summed E-state index contributed by atoms with van der Waals surface area (Å²) in [6.45, 7) is 1.95. The molecule has 100 valence electrons. The molecular formula is C14H11BrN4O. The molecule has 0 unspecified atom stereocenters. The molecule has 0 saturated heterocycles. The number of fused-ring (bicyclic) bond motifs is 1. The number of hydrogen-bond acceptors (Lipinski definition) is 3. The predicted octanol–water partition coefficient (Wildman–Crippen LogP) is 3.05. The quantitative estimate of drug-likeness (QED) is 0.785. The lowest BCUT2D eigenvalue weighted by Gasteiger charge is -2.05. The predicted molar refractivity (Wildman–Crippen MR) is 79.8 cm³/mol. The summed E-state index contributed by atoms with van der Waals surface area (Å²) in [5.41, 5.74) is 2.89. The normalized spacial score (nSPS) is 10.7. The van der Waals surface area contributed by atoms with Crippen molar-refractivity contribution < 1.29 is 4.79 Å². The maximum atomic E-state index is 12.0. The van der Waals surface area contributed by atoms with Gasteiger partial charge in [0.25, 0.3) is 5.91 Å². The number of pyridine rings is 2. The largest absolute Gasteiger partial charge is 0.319 e. The highest BCUT2D eigenvalue weighted by molar-refractivity contribution is 9.10. The minimum absolute atomic E-state index is 0.234. The van der Waals surface area contributed by atoms with E-state index >= 15 is 0 Å². The van der Waals surface area contributed by atoms with E-state index < -0.39 is 0 Å². The van der Waals surface area contributed by atoms with Crippen molar-refractivity contribution in [2.45, 2.75) is 6.92 Å². The van der Waals surface area contributed by atoms with Crippen LogP contribution in [0.1, 0.15) is 16.2 Å². The van der Waals surface area contributed by atoms with Gasteiger partial charge in [-0.15, -0.1) is 0 Å². The molecule has 0 aliphatic carbocycles. The lowest BCUT2D eigenvalue weighted by atomic mass is 10.3. The Kier molecular flexibility index (Phi) is 3.23. The van der Waals surface area contributed by atoms with Crippen molar-refractivity contribution in [2.75, 3.05) is 5.32 Å². The van der Waals surface area contributed by atoms with Gasteiger partial charge in [0.2, 0.25) is 0 Å². The van der Waals surface area contributed by atoms with Crippen LogP contribution in [0.25, 0.3) is 5.65 Å². The smallest absolute Gasteiger partial charge is 0.274 e. The molecule has 5 nitrogen and oxygen atoms in total. The first-order chi connectivity index (χ1) is 9.65. The van der Waals surface area contributed by atoms with Gasteiger partial charge in [0, 0.05) is 12.4 Å². The molecule has 0 aromatic carbocycles. The number of nitrogens with one attached hydrogen (secondary N) is 1. The fraction of sp³-hybridized carbons (Fsp3) is 0.0714. The zero-order valence-corrected chi connectivity index (χ0v) is 12.3. The summed E-state index contributed by atoms with van der Waals surface area (Å²) in [5, 5.41) is 2.82. The van der Waals surface area contributed by atoms with Crippen LogP contribution in [0.2, 0.25) is 0 Å². The number of aromatic nitrogens is 3. The average molecular weight is 331 g/mol. The number of carbonyl (C=O) groups excluding carboxylic acids is 1. The Hall–Kier alpha value is -2.21. The Balaban J connectivity index is 1.91. The number of carbonyl (C=O) groups is 1. The van der Waals surface area contributed by atoms with Crippen LogP contribution in [-0.2, 0) is 0 Å². The molecule has 0 radical (unpaired) electrons. The third kappa shape index (κ3) is 2.30. The molecule has 1 amide bonds. The molecule has 6 heteroatoms. The van der Waals surface area contributed by atoms with Crippen LogP contribution in [0, 0.1) is 6.92 Å². The molecule has 3 heterocycles. The number of rotatable bonds is 2. The van der Waals surface area contributed by atoms with Crippen LogP contribution >= 0.6 is 15.9 Å². The number of amides is 1. The van der Waals surface area contributed by atoms with Gasteiger partial charge in [0.15, 0.2) is 0 Å². The molecule has 0 aliphatic rings. The SMILES string of the molecule is Cc1c(Br)nc2ccc(NC(=O)c3ccccn3)cn12. The van der Waals surface area contributed by atoms with Crippen molar-refractivity contribution in [3.8, 4) is 0 Å². The molecule has 1 N–H and O–H groups in total. The Morgan fingerprint density at radius 3 is 2.90 bits per heavy atom. The highest BCUT2D eigenvalue weighted by Crippen LogP contribution is 2.19. The lowest BCUT2D eigenvalue weighted by Crippen LogP contribution is -2.13. The van der Waals surface area contributed by atoms with Crippen LogP contribution < -0.4 is 5.32 Å². The van der Waals surface area contributed by atoms with Gasteiger partial charge in [-0.05, 0) is 47.1 Å². The molecule has 0 spiro atoms. The summed E-state index contributed by atoms with van der Waals surface area (Å²) in [5.74, 6) is -0.234. The van der Waals surface area contributed by atoms with E-state index in [0.29, 0.717) is 11.4 Å². The van der Waals surface area contributed by atoms with Gasteiger partial charge in [-0.25, -0.2) is 4.98 Å². The van der Waals surface area contributed by atoms with Crippen molar-refractivity contribution in [2.24, 2.45) is 0 Å². The minimum atomic E-state index is -0.234. The molecule has 0 atom stereocenters. The molecule has 0 fully saturated rings. The van der Waals surface area contributed by atoms with E-state index in [2.05, 4.69) is 31.2 Å². The average Bonchev–Trinajstić information content (AvgIpc) is 2.75. The van der Waals surface area contributed by atoms with Gasteiger partial charge < -0.3 is 9.72 Å². The second-order valence-corrected chi connectivity index (χ2v) is 5.05. The van der Waals surface area contributed by atoms with Crippen LogP contribution in [0.15, 0.2) is 47.3 Å². The topological polar surface area (TPSA) is 59.3 Å². The molecule has 3 aromatic rings. The molecular weight excluding hydrogens is 320 g/mol. The first kappa shape index (κ1) is 12.8. The van der Waals surface area contributed by atoms with E-state index in [-0.39, 0.29) is 5.91 Å². The number of halogens is 1. The summed E-state index contributed by atoms with van der Waals surface area (Å²) >= 11 is 3.39. The van der Waals surface area contributed by atoms with E-state index in [1.807, 2.05) is 29.7 Å². The van der Waals surface area contributed by atoms with E-state index in [0.717, 1.165) is 15.9 Å². The number of nitrogens with zero attached hydrogens (tertiary/aromatic N) is 3. The zero-order valence-electron chi connectivity index (χ0n) is 10.7. The summed E-state index contributed by atoms with van der Waals surface area (Å²) in [6, 6.07) is 8.89. The standard InChI is InChI=1S/C14H11BrN4O/c1-9-13(15)18-12-6-5-10(8-19(9)12)17-14(20)11-4-2-3-7-16-11/h2-8H,1H3,(H,17,20). The molecule has 3 aromatic heterocycles. The van der Waals surface area contributed by atoms with Gasteiger partial charge in [-0.2, -0.15) is 0 Å². The summed E-state index contributed by atoms with van der Waals surface area (Å²) < 4.78 is 2.71. The Labute approximate surface area is 123 Å². The van der Waals surface area contributed by atoms with Crippen LogP contribution in [-0.4, -0.2) is 20.3 Å².